The normalized spacial score (nSPS) is 13.5. The lowest BCUT2D eigenvalue weighted by Gasteiger charge is -2.26. The Balaban J connectivity index is 0.000000285. The second-order valence-corrected chi connectivity index (χ2v) is 7.04. The van der Waals surface area contributed by atoms with Crippen LogP contribution in [-0.4, -0.2) is 51.5 Å². The predicted molar refractivity (Wildman–Crippen MR) is 119 cm³/mol. The van der Waals surface area contributed by atoms with E-state index in [0.29, 0.717) is 35.0 Å². The SMILES string of the molecule is COc1cc(C#N)c(N)cc1OCCCN1CCOCC1.NNc1ccc(F)c(Cl)c1. The molecule has 0 aliphatic carbocycles. The van der Waals surface area contributed by atoms with Gasteiger partial charge in [-0.05, 0) is 24.6 Å². The fourth-order valence-electron chi connectivity index (χ4n) is 2.83. The molecule has 31 heavy (non-hydrogen) atoms. The molecule has 0 saturated carbocycles. The van der Waals surface area contributed by atoms with Gasteiger partial charge in [-0.1, -0.05) is 11.6 Å². The number of morpholine rings is 1. The van der Waals surface area contributed by atoms with Crippen LogP contribution in [0.5, 0.6) is 11.5 Å². The van der Waals surface area contributed by atoms with Crippen LogP contribution in [0.15, 0.2) is 30.3 Å². The Kier molecular flexibility index (Phi) is 10.1. The molecular weight excluding hydrogens is 425 g/mol. The number of anilines is 2. The van der Waals surface area contributed by atoms with Gasteiger partial charge in [-0.25, -0.2) is 4.39 Å². The topological polar surface area (TPSA) is 119 Å². The first-order valence-corrected chi connectivity index (χ1v) is 10.1. The lowest BCUT2D eigenvalue weighted by Crippen LogP contribution is -2.37. The number of nitrogens with two attached hydrogens (primary N) is 2. The molecule has 10 heteroatoms. The second-order valence-electron chi connectivity index (χ2n) is 6.63. The molecule has 2 aromatic rings. The molecule has 1 saturated heterocycles. The maximum Gasteiger partial charge on any atom is 0.163 e. The molecule has 0 unspecified atom stereocenters. The largest absolute Gasteiger partial charge is 0.493 e. The molecule has 2 aromatic carbocycles. The molecule has 0 radical (unpaired) electrons. The number of hydrazine groups is 1. The molecule has 1 aliphatic heterocycles. The number of nitriles is 1. The lowest BCUT2D eigenvalue weighted by molar-refractivity contribution is 0.0357. The fraction of sp³-hybridized carbons (Fsp3) is 0.381. The van der Waals surface area contributed by atoms with E-state index in [4.69, 9.17) is 42.6 Å². The van der Waals surface area contributed by atoms with Crippen LogP contribution in [0, 0.1) is 17.1 Å². The number of halogens is 2. The molecule has 168 valence electrons. The smallest absolute Gasteiger partial charge is 0.163 e. The Morgan fingerprint density at radius 3 is 2.61 bits per heavy atom. The first-order chi connectivity index (χ1) is 15.0. The third kappa shape index (κ3) is 7.77. The second kappa shape index (κ2) is 12.8. The number of hydrogen-bond acceptors (Lipinski definition) is 8. The van der Waals surface area contributed by atoms with Crippen molar-refractivity contribution in [3.8, 4) is 17.6 Å². The Hall–Kier alpha value is -2.77. The molecule has 1 fully saturated rings. The van der Waals surface area contributed by atoms with E-state index >= 15 is 0 Å². The molecule has 5 N–H and O–H groups in total. The highest BCUT2D eigenvalue weighted by Gasteiger charge is 2.12. The van der Waals surface area contributed by atoms with Gasteiger partial charge in [0.1, 0.15) is 11.9 Å². The van der Waals surface area contributed by atoms with Gasteiger partial charge in [0.25, 0.3) is 0 Å². The number of hydrogen-bond donors (Lipinski definition) is 3. The average molecular weight is 452 g/mol. The monoisotopic (exact) mass is 451 g/mol. The van der Waals surface area contributed by atoms with Gasteiger partial charge in [-0.3, -0.25) is 10.7 Å². The number of nitrogens with one attached hydrogen (secondary N) is 1. The number of benzene rings is 2. The van der Waals surface area contributed by atoms with E-state index in [1.54, 1.807) is 19.2 Å². The minimum absolute atomic E-state index is 0.0652. The molecular formula is C21H27ClFN5O3. The molecule has 3 rings (SSSR count). The van der Waals surface area contributed by atoms with E-state index in [1.807, 2.05) is 6.07 Å². The maximum atomic E-state index is 12.4. The van der Waals surface area contributed by atoms with Crippen LogP contribution in [0.4, 0.5) is 15.8 Å². The third-order valence-corrected chi connectivity index (χ3v) is 4.81. The summed E-state index contributed by atoms with van der Waals surface area (Å²) in [6, 6.07) is 9.44. The van der Waals surface area contributed by atoms with Gasteiger partial charge in [0.05, 0.1) is 48.9 Å². The summed E-state index contributed by atoms with van der Waals surface area (Å²) >= 11 is 5.42. The number of nitrogen functional groups attached to an aromatic ring is 2. The predicted octanol–water partition coefficient (Wildman–Crippen LogP) is 3.01. The molecule has 0 aromatic heterocycles. The summed E-state index contributed by atoms with van der Waals surface area (Å²) in [7, 11) is 1.55. The van der Waals surface area contributed by atoms with Gasteiger partial charge in [0, 0.05) is 31.8 Å². The highest BCUT2D eigenvalue weighted by Crippen LogP contribution is 2.32. The summed E-state index contributed by atoms with van der Waals surface area (Å²) in [5.41, 5.74) is 9.53. The summed E-state index contributed by atoms with van der Waals surface area (Å²) < 4.78 is 28.7. The van der Waals surface area contributed by atoms with Crippen molar-refractivity contribution in [1.82, 2.24) is 4.90 Å². The average Bonchev–Trinajstić information content (AvgIpc) is 2.80. The minimum atomic E-state index is -0.444. The van der Waals surface area contributed by atoms with E-state index in [-0.39, 0.29) is 5.02 Å². The molecule has 1 heterocycles. The van der Waals surface area contributed by atoms with Crippen molar-refractivity contribution in [3.63, 3.8) is 0 Å². The summed E-state index contributed by atoms with van der Waals surface area (Å²) in [5.74, 6) is 5.71. The highest BCUT2D eigenvalue weighted by atomic mass is 35.5. The van der Waals surface area contributed by atoms with Gasteiger partial charge in [-0.2, -0.15) is 5.26 Å². The van der Waals surface area contributed by atoms with Crippen molar-refractivity contribution < 1.29 is 18.6 Å². The van der Waals surface area contributed by atoms with E-state index in [0.717, 1.165) is 39.3 Å². The Morgan fingerprint density at radius 1 is 1.26 bits per heavy atom. The number of ether oxygens (including phenoxy) is 3. The molecule has 0 bridgehead atoms. The van der Waals surface area contributed by atoms with Gasteiger partial charge in [0.2, 0.25) is 0 Å². The van der Waals surface area contributed by atoms with Crippen LogP contribution in [-0.2, 0) is 4.74 Å². The zero-order valence-corrected chi connectivity index (χ0v) is 18.1. The maximum absolute atomic E-state index is 12.4. The molecule has 8 nitrogen and oxygen atoms in total. The van der Waals surface area contributed by atoms with E-state index in [2.05, 4.69) is 10.3 Å². The van der Waals surface area contributed by atoms with Gasteiger partial charge >= 0.3 is 0 Å². The van der Waals surface area contributed by atoms with Crippen LogP contribution in [0.1, 0.15) is 12.0 Å². The molecule has 0 spiro atoms. The first kappa shape index (κ1) is 24.5. The van der Waals surface area contributed by atoms with Gasteiger partial charge in [0.15, 0.2) is 11.5 Å². The fourth-order valence-corrected chi connectivity index (χ4v) is 3.01. The van der Waals surface area contributed by atoms with Crippen LogP contribution in [0.25, 0.3) is 0 Å². The van der Waals surface area contributed by atoms with Crippen molar-refractivity contribution in [2.45, 2.75) is 6.42 Å². The Morgan fingerprint density at radius 2 is 2.00 bits per heavy atom. The van der Waals surface area contributed by atoms with Crippen LogP contribution in [0.2, 0.25) is 5.02 Å². The number of nitrogens with zero attached hydrogens (tertiary/aromatic N) is 2. The quantitative estimate of drug-likeness (QED) is 0.254. The third-order valence-electron chi connectivity index (χ3n) is 4.52. The highest BCUT2D eigenvalue weighted by molar-refractivity contribution is 6.31. The number of rotatable bonds is 7. The van der Waals surface area contributed by atoms with Crippen molar-refractivity contribution in [3.05, 3.63) is 46.7 Å². The molecule has 0 amide bonds. The number of methoxy groups -OCH3 is 1. The van der Waals surface area contributed by atoms with Crippen molar-refractivity contribution in [2.75, 3.05) is 57.7 Å². The first-order valence-electron chi connectivity index (χ1n) is 9.70. The van der Waals surface area contributed by atoms with E-state index < -0.39 is 5.82 Å². The van der Waals surface area contributed by atoms with E-state index in [1.165, 1.54) is 18.2 Å². The standard InChI is InChI=1S/C15H21N3O3.C6H6ClFN2/c1-19-14-9-12(11-16)13(17)10-15(14)21-6-2-3-18-4-7-20-8-5-18;7-5-3-4(10-9)1-2-6(5)8/h9-10H,2-8,17H2,1H3;1-3,10H,9H2. The van der Waals surface area contributed by atoms with E-state index in [9.17, 15) is 4.39 Å². The lowest BCUT2D eigenvalue weighted by atomic mass is 10.2. The minimum Gasteiger partial charge on any atom is -0.493 e. The summed E-state index contributed by atoms with van der Waals surface area (Å²) in [6.45, 7) is 5.14. The summed E-state index contributed by atoms with van der Waals surface area (Å²) in [5, 5.41) is 9.01. The van der Waals surface area contributed by atoms with Crippen molar-refractivity contribution >= 4 is 23.0 Å². The van der Waals surface area contributed by atoms with Crippen molar-refractivity contribution in [2.24, 2.45) is 5.84 Å². The van der Waals surface area contributed by atoms with Crippen LogP contribution >= 0.6 is 11.6 Å². The molecule has 1 aliphatic rings. The Labute approximate surface area is 186 Å². The summed E-state index contributed by atoms with van der Waals surface area (Å²) in [6.07, 6.45) is 0.920. The van der Waals surface area contributed by atoms with Crippen molar-refractivity contribution in [1.29, 1.82) is 5.26 Å². The Bertz CT molecular complexity index is 888. The van der Waals surface area contributed by atoms with Crippen LogP contribution in [0.3, 0.4) is 0 Å². The van der Waals surface area contributed by atoms with Crippen LogP contribution < -0.4 is 26.5 Å². The van der Waals surface area contributed by atoms with Gasteiger partial charge in [-0.15, -0.1) is 0 Å². The zero-order chi connectivity index (χ0) is 22.6. The van der Waals surface area contributed by atoms with Gasteiger partial charge < -0.3 is 25.4 Å². The molecule has 0 atom stereocenters. The summed E-state index contributed by atoms with van der Waals surface area (Å²) in [4.78, 5) is 2.36. The zero-order valence-electron chi connectivity index (χ0n) is 17.4.